The number of nitrogens with one attached hydrogen (secondary N) is 2. The second-order valence-corrected chi connectivity index (χ2v) is 5.78. The second-order valence-electron chi connectivity index (χ2n) is 5.78. The molecule has 0 aromatic carbocycles. The molecule has 1 heterocycles. The molecular formula is C14H24N2O4. The van der Waals surface area contributed by atoms with Gasteiger partial charge in [-0.15, -0.1) is 0 Å². The molecule has 1 saturated heterocycles. The van der Waals surface area contributed by atoms with E-state index < -0.39 is 12.0 Å². The molecule has 6 heteroatoms. The van der Waals surface area contributed by atoms with E-state index in [2.05, 4.69) is 10.6 Å². The van der Waals surface area contributed by atoms with Crippen molar-refractivity contribution in [1.82, 2.24) is 10.6 Å². The molecule has 1 saturated carbocycles. The summed E-state index contributed by atoms with van der Waals surface area (Å²) < 4.78 is 4.92. The van der Waals surface area contributed by atoms with Crippen molar-refractivity contribution in [3.05, 3.63) is 0 Å². The van der Waals surface area contributed by atoms with E-state index >= 15 is 0 Å². The van der Waals surface area contributed by atoms with Crippen LogP contribution in [0.3, 0.4) is 0 Å². The predicted molar refractivity (Wildman–Crippen MR) is 73.3 cm³/mol. The number of amides is 1. The third-order valence-electron chi connectivity index (χ3n) is 4.48. The first kappa shape index (κ1) is 15.3. The molecule has 3 N–H and O–H groups in total. The Kier molecular flexibility index (Phi) is 5.37. The maximum Gasteiger partial charge on any atom is 0.326 e. The van der Waals surface area contributed by atoms with Crippen LogP contribution in [0.1, 0.15) is 32.1 Å². The van der Waals surface area contributed by atoms with Crippen LogP contribution in [0.5, 0.6) is 0 Å². The summed E-state index contributed by atoms with van der Waals surface area (Å²) in [5, 5.41) is 15.1. The lowest BCUT2D eigenvalue weighted by Crippen LogP contribution is -2.50. The Balaban J connectivity index is 1.86. The highest BCUT2D eigenvalue weighted by molar-refractivity contribution is 5.87. The number of ether oxygens (including phenoxy) is 1. The molecule has 0 radical (unpaired) electrons. The van der Waals surface area contributed by atoms with Crippen molar-refractivity contribution >= 4 is 11.9 Å². The molecule has 1 aliphatic carbocycles. The predicted octanol–water partition coefficient (Wildman–Crippen LogP) is 0.371. The Bertz CT molecular complexity index is 361. The Morgan fingerprint density at radius 2 is 2.25 bits per heavy atom. The summed E-state index contributed by atoms with van der Waals surface area (Å²) in [6, 6.07) is -1.04. The SMILES string of the molecule is COCCCC(NC(=O)C1NCC2CCCC21)C(=O)O. The summed E-state index contributed by atoms with van der Waals surface area (Å²) in [7, 11) is 1.58. The van der Waals surface area contributed by atoms with Crippen LogP contribution in [0.25, 0.3) is 0 Å². The fourth-order valence-electron chi connectivity index (χ4n) is 3.43. The molecule has 4 atom stereocenters. The van der Waals surface area contributed by atoms with Crippen molar-refractivity contribution in [1.29, 1.82) is 0 Å². The number of methoxy groups -OCH3 is 1. The summed E-state index contributed by atoms with van der Waals surface area (Å²) >= 11 is 0. The molecule has 6 nitrogen and oxygen atoms in total. The highest BCUT2D eigenvalue weighted by Crippen LogP contribution is 2.37. The third kappa shape index (κ3) is 3.49. The van der Waals surface area contributed by atoms with Gasteiger partial charge in [0.05, 0.1) is 6.04 Å². The van der Waals surface area contributed by atoms with Crippen LogP contribution in [0.15, 0.2) is 0 Å². The highest BCUT2D eigenvalue weighted by Gasteiger charge is 2.43. The number of aliphatic carboxylic acids is 1. The Morgan fingerprint density at radius 1 is 1.45 bits per heavy atom. The highest BCUT2D eigenvalue weighted by atomic mass is 16.5. The number of carboxylic acid groups (broad SMARTS) is 1. The summed E-state index contributed by atoms with van der Waals surface area (Å²) in [4.78, 5) is 23.5. The van der Waals surface area contributed by atoms with Crippen molar-refractivity contribution in [3.8, 4) is 0 Å². The van der Waals surface area contributed by atoms with Gasteiger partial charge in [-0.2, -0.15) is 0 Å². The number of carboxylic acids is 1. The Labute approximate surface area is 119 Å². The minimum Gasteiger partial charge on any atom is -0.480 e. The van der Waals surface area contributed by atoms with Gasteiger partial charge in [-0.25, -0.2) is 4.79 Å². The van der Waals surface area contributed by atoms with Gasteiger partial charge in [-0.3, -0.25) is 4.79 Å². The lowest BCUT2D eigenvalue weighted by atomic mass is 9.93. The van der Waals surface area contributed by atoms with Gasteiger partial charge in [-0.1, -0.05) is 6.42 Å². The molecule has 2 aliphatic rings. The van der Waals surface area contributed by atoms with E-state index in [0.29, 0.717) is 31.3 Å². The van der Waals surface area contributed by atoms with Crippen LogP contribution in [-0.2, 0) is 14.3 Å². The van der Waals surface area contributed by atoms with E-state index in [1.165, 1.54) is 12.8 Å². The first-order chi connectivity index (χ1) is 9.63. The number of hydrogen-bond acceptors (Lipinski definition) is 4. The van der Waals surface area contributed by atoms with E-state index in [9.17, 15) is 14.7 Å². The second kappa shape index (κ2) is 7.04. The average molecular weight is 284 g/mol. The van der Waals surface area contributed by atoms with Crippen molar-refractivity contribution in [2.75, 3.05) is 20.3 Å². The minimum atomic E-state index is -0.976. The fourth-order valence-corrected chi connectivity index (χ4v) is 3.43. The average Bonchev–Trinajstić information content (AvgIpc) is 2.99. The molecule has 2 fully saturated rings. The lowest BCUT2D eigenvalue weighted by Gasteiger charge is -2.21. The molecule has 4 unspecified atom stereocenters. The maximum absolute atomic E-state index is 12.3. The van der Waals surface area contributed by atoms with Gasteiger partial charge in [0.25, 0.3) is 0 Å². The van der Waals surface area contributed by atoms with Crippen LogP contribution in [0.2, 0.25) is 0 Å². The third-order valence-corrected chi connectivity index (χ3v) is 4.48. The molecular weight excluding hydrogens is 260 g/mol. The normalized spacial score (nSPS) is 29.9. The van der Waals surface area contributed by atoms with Gasteiger partial charge in [-0.05, 0) is 44.1 Å². The smallest absolute Gasteiger partial charge is 0.326 e. The maximum atomic E-state index is 12.3. The number of hydrogen-bond donors (Lipinski definition) is 3. The molecule has 114 valence electrons. The lowest BCUT2D eigenvalue weighted by molar-refractivity contribution is -0.142. The molecule has 0 aromatic rings. The fraction of sp³-hybridized carbons (Fsp3) is 0.857. The van der Waals surface area contributed by atoms with Crippen molar-refractivity contribution in [2.45, 2.75) is 44.2 Å². The molecule has 1 amide bonds. The zero-order valence-corrected chi connectivity index (χ0v) is 11.9. The van der Waals surface area contributed by atoms with Gasteiger partial charge >= 0.3 is 5.97 Å². The van der Waals surface area contributed by atoms with Crippen LogP contribution in [0.4, 0.5) is 0 Å². The minimum absolute atomic E-state index is 0.163. The zero-order chi connectivity index (χ0) is 14.5. The number of carbonyl (C=O) groups is 2. The molecule has 0 bridgehead atoms. The topological polar surface area (TPSA) is 87.7 Å². The van der Waals surface area contributed by atoms with Gasteiger partial charge in [0.15, 0.2) is 0 Å². The van der Waals surface area contributed by atoms with Crippen LogP contribution in [0, 0.1) is 11.8 Å². The number of carbonyl (C=O) groups excluding carboxylic acids is 1. The number of rotatable bonds is 7. The number of fused-ring (bicyclic) bond motifs is 1. The summed E-state index contributed by atoms with van der Waals surface area (Å²) in [5.74, 6) is -0.175. The molecule has 0 aromatic heterocycles. The molecule has 1 aliphatic heterocycles. The van der Waals surface area contributed by atoms with E-state index in [1.807, 2.05) is 0 Å². The van der Waals surface area contributed by atoms with Crippen LogP contribution in [-0.4, -0.2) is 49.3 Å². The molecule has 20 heavy (non-hydrogen) atoms. The Morgan fingerprint density at radius 3 is 2.95 bits per heavy atom. The molecule has 0 spiro atoms. The van der Waals surface area contributed by atoms with Gasteiger partial charge in [0, 0.05) is 13.7 Å². The van der Waals surface area contributed by atoms with E-state index in [-0.39, 0.29) is 11.9 Å². The van der Waals surface area contributed by atoms with E-state index in [1.54, 1.807) is 7.11 Å². The van der Waals surface area contributed by atoms with Crippen molar-refractivity contribution in [2.24, 2.45) is 11.8 Å². The standard InChI is InChI=1S/C14H24N2O4/c1-20-7-3-6-11(14(18)19)16-13(17)12-10-5-2-4-9(10)8-15-12/h9-12,15H,2-8H2,1H3,(H,16,17)(H,18,19). The van der Waals surface area contributed by atoms with Crippen LogP contribution < -0.4 is 10.6 Å². The summed E-state index contributed by atoms with van der Waals surface area (Å²) in [5.41, 5.74) is 0. The van der Waals surface area contributed by atoms with Crippen molar-refractivity contribution in [3.63, 3.8) is 0 Å². The van der Waals surface area contributed by atoms with Crippen LogP contribution >= 0.6 is 0 Å². The van der Waals surface area contributed by atoms with Crippen molar-refractivity contribution < 1.29 is 19.4 Å². The monoisotopic (exact) mass is 284 g/mol. The van der Waals surface area contributed by atoms with Gasteiger partial charge in [0.1, 0.15) is 6.04 Å². The zero-order valence-electron chi connectivity index (χ0n) is 11.9. The summed E-state index contributed by atoms with van der Waals surface area (Å²) in [6.07, 6.45) is 4.44. The first-order valence-electron chi connectivity index (χ1n) is 7.39. The largest absolute Gasteiger partial charge is 0.480 e. The van der Waals surface area contributed by atoms with E-state index in [0.717, 1.165) is 13.0 Å². The van der Waals surface area contributed by atoms with E-state index in [4.69, 9.17) is 4.74 Å². The first-order valence-corrected chi connectivity index (χ1v) is 7.39. The summed E-state index contributed by atoms with van der Waals surface area (Å²) in [6.45, 7) is 1.39. The van der Waals surface area contributed by atoms with Gasteiger partial charge in [0.2, 0.25) is 5.91 Å². The Hall–Kier alpha value is -1.14. The molecule has 2 rings (SSSR count). The quantitative estimate of drug-likeness (QED) is 0.588. The van der Waals surface area contributed by atoms with Gasteiger partial charge < -0.3 is 20.5 Å².